The molecule has 1 aromatic rings. The predicted molar refractivity (Wildman–Crippen MR) is 115 cm³/mol. The highest BCUT2D eigenvalue weighted by molar-refractivity contribution is 6.15. The molecule has 2 heterocycles. The molecule has 2 fully saturated rings. The lowest BCUT2D eigenvalue weighted by atomic mass is 9.88. The van der Waals surface area contributed by atoms with Crippen LogP contribution in [0.2, 0.25) is 0 Å². The van der Waals surface area contributed by atoms with Gasteiger partial charge in [0.05, 0.1) is 32.3 Å². The number of allylic oxidation sites excluding steroid dienone is 1. The monoisotopic (exact) mass is 426 g/mol. The molecule has 0 aromatic heterocycles. The van der Waals surface area contributed by atoms with E-state index in [1.807, 2.05) is 36.4 Å². The Balaban J connectivity index is 1.51. The first-order chi connectivity index (χ1) is 15.1. The highest BCUT2D eigenvalue weighted by atomic mass is 16.7. The predicted octanol–water partition coefficient (Wildman–Crippen LogP) is 3.54. The Hall–Kier alpha value is -1.99. The molecule has 6 heteroatoms. The molecular weight excluding hydrogens is 394 g/mol. The lowest BCUT2D eigenvalue weighted by molar-refractivity contribution is -0.839. The van der Waals surface area contributed by atoms with Crippen molar-refractivity contribution in [2.45, 2.75) is 44.6 Å². The van der Waals surface area contributed by atoms with Gasteiger partial charge in [-0.25, -0.2) is 0 Å². The first-order valence-corrected chi connectivity index (χ1v) is 11.6. The summed E-state index contributed by atoms with van der Waals surface area (Å²) in [4.78, 5) is 13.3. The summed E-state index contributed by atoms with van der Waals surface area (Å²) >= 11 is 0. The zero-order chi connectivity index (χ0) is 21.5. The smallest absolute Gasteiger partial charge is 0.247 e. The van der Waals surface area contributed by atoms with Gasteiger partial charge in [0, 0.05) is 17.2 Å². The summed E-state index contributed by atoms with van der Waals surface area (Å²) in [5, 5.41) is 0. The summed E-state index contributed by atoms with van der Waals surface area (Å²) in [6, 6.07) is 7.82. The van der Waals surface area contributed by atoms with Crippen molar-refractivity contribution in [1.29, 1.82) is 0 Å². The molecule has 2 aliphatic heterocycles. The molecular formula is C25H32NO5+. The van der Waals surface area contributed by atoms with Gasteiger partial charge < -0.3 is 14.2 Å². The molecule has 0 N–H and O–H groups in total. The maximum atomic E-state index is 13.3. The van der Waals surface area contributed by atoms with Gasteiger partial charge in [-0.05, 0) is 24.5 Å². The van der Waals surface area contributed by atoms with E-state index in [1.54, 1.807) is 0 Å². The van der Waals surface area contributed by atoms with Crippen LogP contribution in [0, 0.1) is 0 Å². The van der Waals surface area contributed by atoms with Crippen molar-refractivity contribution in [3.8, 4) is 0 Å². The van der Waals surface area contributed by atoms with E-state index in [1.165, 1.54) is 0 Å². The number of benzene rings is 1. The number of ketones is 1. The Kier molecular flexibility index (Phi) is 5.51. The Morgan fingerprint density at radius 3 is 2.65 bits per heavy atom. The van der Waals surface area contributed by atoms with Crippen LogP contribution in [-0.4, -0.2) is 68.3 Å². The molecule has 166 valence electrons. The van der Waals surface area contributed by atoms with E-state index in [4.69, 9.17) is 18.9 Å². The Bertz CT molecular complexity index is 916. The molecule has 2 aliphatic carbocycles. The van der Waals surface area contributed by atoms with E-state index < -0.39 is 5.79 Å². The van der Waals surface area contributed by atoms with Gasteiger partial charge in [-0.15, -0.1) is 0 Å². The van der Waals surface area contributed by atoms with Crippen LogP contribution >= 0.6 is 0 Å². The van der Waals surface area contributed by atoms with Crippen LogP contribution in [0.5, 0.6) is 0 Å². The first-order valence-electron chi connectivity index (χ1n) is 11.6. The number of fused-ring (bicyclic) bond motifs is 3. The number of morpholine rings is 1. The molecule has 3 atom stereocenters. The minimum atomic E-state index is -1.08. The normalized spacial score (nSPS) is 30.5. The van der Waals surface area contributed by atoms with Crippen LogP contribution in [0.3, 0.4) is 0 Å². The first kappa shape index (κ1) is 20.9. The largest absolute Gasteiger partial charge is 0.497 e. The molecule has 1 spiro atoms. The van der Waals surface area contributed by atoms with E-state index in [0.29, 0.717) is 18.8 Å². The molecule has 2 saturated heterocycles. The van der Waals surface area contributed by atoms with Crippen molar-refractivity contribution in [2.24, 2.45) is 0 Å². The van der Waals surface area contributed by atoms with E-state index in [9.17, 15) is 4.79 Å². The quantitative estimate of drug-likeness (QED) is 0.362. The molecule has 4 aliphatic rings. The SMILES string of the molecule is CCCOC1=CC(OCCC)(OC2C[N+]23CCOCC3)C=C2C(=O)c3ccccc3C12. The third-order valence-electron chi connectivity index (χ3n) is 6.76. The van der Waals surface area contributed by atoms with E-state index in [-0.39, 0.29) is 17.9 Å². The molecule has 31 heavy (non-hydrogen) atoms. The van der Waals surface area contributed by atoms with Crippen LogP contribution in [0.25, 0.3) is 0 Å². The van der Waals surface area contributed by atoms with Crippen molar-refractivity contribution in [3.05, 3.63) is 58.9 Å². The van der Waals surface area contributed by atoms with Crippen LogP contribution in [0.4, 0.5) is 0 Å². The molecule has 0 radical (unpaired) electrons. The van der Waals surface area contributed by atoms with E-state index in [0.717, 1.165) is 67.1 Å². The number of carbonyl (C=O) groups excluding carboxylic acids is 1. The number of hydrogen-bond donors (Lipinski definition) is 0. The standard InChI is InChI=1S/C25H32NO5/c1-3-11-29-21-16-25(30-12-4-2,31-22-17-26(22)9-13-28-14-10-26)15-20-23(21)18-7-5-6-8-19(18)24(20)27/h5-8,15-16,22-23H,3-4,9-14,17H2,1-2H3/q+1. The van der Waals surface area contributed by atoms with Crippen LogP contribution in [0.1, 0.15) is 48.5 Å². The van der Waals surface area contributed by atoms with Crippen molar-refractivity contribution >= 4 is 5.78 Å². The summed E-state index contributed by atoms with van der Waals surface area (Å²) in [7, 11) is 0. The maximum absolute atomic E-state index is 13.3. The third-order valence-corrected chi connectivity index (χ3v) is 6.76. The van der Waals surface area contributed by atoms with Crippen LogP contribution < -0.4 is 0 Å². The molecule has 6 nitrogen and oxygen atoms in total. The molecule has 0 saturated carbocycles. The fourth-order valence-corrected chi connectivity index (χ4v) is 5.00. The Morgan fingerprint density at radius 2 is 1.87 bits per heavy atom. The van der Waals surface area contributed by atoms with Crippen LogP contribution in [0.15, 0.2) is 47.7 Å². The molecule has 1 aromatic carbocycles. The van der Waals surface area contributed by atoms with Crippen molar-refractivity contribution < 1.29 is 28.2 Å². The van der Waals surface area contributed by atoms with Crippen LogP contribution in [-0.2, 0) is 18.9 Å². The minimum Gasteiger partial charge on any atom is -0.497 e. The average molecular weight is 427 g/mol. The van der Waals surface area contributed by atoms with Gasteiger partial charge in [-0.2, -0.15) is 0 Å². The van der Waals surface area contributed by atoms with Crippen molar-refractivity contribution in [2.75, 3.05) is 46.1 Å². The molecule has 0 amide bonds. The van der Waals surface area contributed by atoms with Gasteiger partial charge in [-0.3, -0.25) is 14.0 Å². The molecule has 5 rings (SSSR count). The highest BCUT2D eigenvalue weighted by Gasteiger charge is 2.60. The fraction of sp³-hybridized carbons (Fsp3) is 0.560. The zero-order valence-corrected chi connectivity index (χ0v) is 18.5. The number of rotatable bonds is 8. The van der Waals surface area contributed by atoms with Gasteiger partial charge in [0.25, 0.3) is 0 Å². The number of nitrogens with zero attached hydrogens (tertiary/aromatic N) is 1. The molecule has 3 unspecified atom stereocenters. The lowest BCUT2D eigenvalue weighted by Gasteiger charge is -2.35. The summed E-state index contributed by atoms with van der Waals surface area (Å²) in [6.45, 7) is 9.71. The zero-order valence-electron chi connectivity index (χ0n) is 18.5. The second-order valence-electron chi connectivity index (χ2n) is 8.95. The van der Waals surface area contributed by atoms with Gasteiger partial charge in [0.15, 0.2) is 12.3 Å². The molecule has 0 bridgehead atoms. The highest BCUT2D eigenvalue weighted by Crippen LogP contribution is 2.49. The number of hydrogen-bond acceptors (Lipinski definition) is 5. The van der Waals surface area contributed by atoms with Crippen molar-refractivity contribution in [3.63, 3.8) is 0 Å². The number of Topliss-reactive ketones (excluding diaryl/α,β-unsaturated/α-hetero) is 1. The fourth-order valence-electron chi connectivity index (χ4n) is 5.00. The Morgan fingerprint density at radius 1 is 1.10 bits per heavy atom. The second kappa shape index (κ2) is 8.17. The van der Waals surface area contributed by atoms with Gasteiger partial charge >= 0.3 is 0 Å². The van der Waals surface area contributed by atoms with E-state index >= 15 is 0 Å². The van der Waals surface area contributed by atoms with Crippen molar-refractivity contribution in [1.82, 2.24) is 0 Å². The minimum absolute atomic E-state index is 0.0467. The number of ether oxygens (including phenoxy) is 4. The van der Waals surface area contributed by atoms with Gasteiger partial charge in [0.2, 0.25) is 12.0 Å². The Labute approximate surface area is 184 Å². The second-order valence-corrected chi connectivity index (χ2v) is 8.95. The van der Waals surface area contributed by atoms with E-state index in [2.05, 4.69) is 13.8 Å². The summed E-state index contributed by atoms with van der Waals surface area (Å²) in [5.74, 6) is -0.441. The topological polar surface area (TPSA) is 54.0 Å². The summed E-state index contributed by atoms with van der Waals surface area (Å²) in [5.41, 5.74) is 2.47. The third kappa shape index (κ3) is 3.65. The summed E-state index contributed by atoms with van der Waals surface area (Å²) in [6.07, 6.45) is 5.71. The average Bonchev–Trinajstić information content (AvgIpc) is 3.35. The summed E-state index contributed by atoms with van der Waals surface area (Å²) < 4.78 is 25.7. The number of quaternary nitrogens is 1. The van der Waals surface area contributed by atoms with Gasteiger partial charge in [-0.1, -0.05) is 38.1 Å². The number of carbonyl (C=O) groups is 1. The maximum Gasteiger partial charge on any atom is 0.247 e. The van der Waals surface area contributed by atoms with Gasteiger partial charge in [0.1, 0.15) is 18.8 Å². The lowest BCUT2D eigenvalue weighted by Crippen LogP contribution is -2.45.